The van der Waals surface area contributed by atoms with E-state index >= 15 is 0 Å². The molecule has 1 aromatic heterocycles. The maximum absolute atomic E-state index is 13.0. The monoisotopic (exact) mass is 346 g/mol. The lowest BCUT2D eigenvalue weighted by Gasteiger charge is -2.24. The average Bonchev–Trinajstić information content (AvgIpc) is 3.01. The number of hydrogen-bond donors (Lipinski definition) is 1. The molecule has 0 spiro atoms. The first-order chi connectivity index (χ1) is 11.7. The van der Waals surface area contributed by atoms with Crippen molar-refractivity contribution in [1.29, 1.82) is 0 Å². The predicted octanol–water partition coefficient (Wildman–Crippen LogP) is 3.46. The quantitative estimate of drug-likeness (QED) is 0.902. The Labute approximate surface area is 146 Å². The van der Waals surface area contributed by atoms with Crippen LogP contribution in [-0.2, 0) is 4.79 Å². The molecule has 25 heavy (non-hydrogen) atoms. The Morgan fingerprint density at radius 3 is 2.32 bits per heavy atom. The molecule has 1 heterocycles. The number of nitrogens with zero attached hydrogens (tertiary/aromatic N) is 1. The number of nitrogens with one attached hydrogen (secondary N) is 1. The number of furan rings is 1. The minimum absolute atomic E-state index is 0.0425. The number of likely N-dealkylation sites (N-methyl/N-ethyl adjacent to an activating group) is 1. The van der Waals surface area contributed by atoms with Crippen molar-refractivity contribution < 1.29 is 18.4 Å². The number of hydrogen-bond acceptors (Lipinski definition) is 3. The molecule has 0 aliphatic carbocycles. The van der Waals surface area contributed by atoms with Crippen LogP contribution in [0.3, 0.4) is 0 Å². The summed E-state index contributed by atoms with van der Waals surface area (Å²) >= 11 is 0. The van der Waals surface area contributed by atoms with E-state index in [1.54, 1.807) is 31.2 Å². The van der Waals surface area contributed by atoms with Gasteiger partial charge in [0, 0.05) is 17.6 Å². The smallest absolute Gasteiger partial charge is 0.290 e. The van der Waals surface area contributed by atoms with E-state index in [1.807, 2.05) is 20.8 Å². The number of halogens is 1. The van der Waals surface area contributed by atoms with Gasteiger partial charge in [-0.15, -0.1) is 0 Å². The van der Waals surface area contributed by atoms with Crippen LogP contribution >= 0.6 is 0 Å². The van der Waals surface area contributed by atoms with E-state index in [1.165, 1.54) is 17.0 Å². The molecule has 0 saturated heterocycles. The van der Waals surface area contributed by atoms with E-state index in [0.29, 0.717) is 17.9 Å². The molecule has 0 aliphatic heterocycles. The molecule has 0 fully saturated rings. The second kappa shape index (κ2) is 7.51. The van der Waals surface area contributed by atoms with Gasteiger partial charge in [0.15, 0.2) is 5.76 Å². The average molecular weight is 346 g/mol. The summed E-state index contributed by atoms with van der Waals surface area (Å²) in [6.07, 6.45) is 0. The van der Waals surface area contributed by atoms with Gasteiger partial charge in [-0.25, -0.2) is 4.39 Å². The van der Waals surface area contributed by atoms with E-state index < -0.39 is 0 Å². The Hall–Kier alpha value is -2.63. The van der Waals surface area contributed by atoms with Crippen molar-refractivity contribution in [2.45, 2.75) is 33.2 Å². The van der Waals surface area contributed by atoms with Gasteiger partial charge in [0.25, 0.3) is 5.91 Å². The Morgan fingerprint density at radius 2 is 1.76 bits per heavy atom. The van der Waals surface area contributed by atoms with Crippen molar-refractivity contribution in [2.24, 2.45) is 0 Å². The van der Waals surface area contributed by atoms with Crippen molar-refractivity contribution >= 4 is 11.8 Å². The summed E-state index contributed by atoms with van der Waals surface area (Å²) in [7, 11) is 0. The van der Waals surface area contributed by atoms with E-state index in [-0.39, 0.29) is 35.5 Å². The molecule has 0 unspecified atom stereocenters. The molecule has 5 nitrogen and oxygen atoms in total. The molecule has 2 rings (SSSR count). The molecule has 2 aromatic rings. The van der Waals surface area contributed by atoms with Crippen LogP contribution in [0.2, 0.25) is 0 Å². The second-order valence-corrected chi connectivity index (χ2v) is 6.79. The van der Waals surface area contributed by atoms with E-state index in [2.05, 4.69) is 5.32 Å². The number of carbonyl (C=O) groups is 2. The number of benzene rings is 1. The van der Waals surface area contributed by atoms with E-state index in [4.69, 9.17) is 4.42 Å². The lowest BCUT2D eigenvalue weighted by atomic mass is 10.1. The topological polar surface area (TPSA) is 62.6 Å². The molecule has 2 amide bonds. The number of amides is 2. The van der Waals surface area contributed by atoms with Gasteiger partial charge in [-0.1, -0.05) is 0 Å². The Balaban J connectivity index is 2.10. The molecule has 0 aliphatic rings. The first kappa shape index (κ1) is 18.7. The highest BCUT2D eigenvalue weighted by Crippen LogP contribution is 2.23. The molecular formula is C19H23FN2O3. The van der Waals surface area contributed by atoms with Gasteiger partial charge in [-0.3, -0.25) is 9.59 Å². The fraction of sp³-hybridized carbons (Fsp3) is 0.368. The van der Waals surface area contributed by atoms with Crippen molar-refractivity contribution in [3.05, 3.63) is 48.0 Å². The van der Waals surface area contributed by atoms with E-state index in [0.717, 1.165) is 0 Å². The van der Waals surface area contributed by atoms with Crippen LogP contribution in [0.4, 0.5) is 4.39 Å². The summed E-state index contributed by atoms with van der Waals surface area (Å²) in [6.45, 7) is 7.77. The lowest BCUT2D eigenvalue weighted by Crippen LogP contribution is -2.47. The fourth-order valence-corrected chi connectivity index (χ4v) is 2.34. The summed E-state index contributed by atoms with van der Waals surface area (Å²) in [4.78, 5) is 26.0. The normalized spacial score (nSPS) is 11.2. The summed E-state index contributed by atoms with van der Waals surface area (Å²) in [5.74, 6) is -0.315. The first-order valence-corrected chi connectivity index (χ1v) is 8.15. The van der Waals surface area contributed by atoms with Gasteiger partial charge in [0.2, 0.25) is 5.91 Å². The molecule has 0 bridgehead atoms. The molecular weight excluding hydrogens is 323 g/mol. The number of carbonyl (C=O) groups excluding carboxylic acids is 2. The van der Waals surface area contributed by atoms with Gasteiger partial charge in [-0.2, -0.15) is 0 Å². The second-order valence-electron chi connectivity index (χ2n) is 6.79. The predicted molar refractivity (Wildman–Crippen MR) is 93.6 cm³/mol. The largest absolute Gasteiger partial charge is 0.451 e. The molecule has 0 radical (unpaired) electrons. The van der Waals surface area contributed by atoms with E-state index in [9.17, 15) is 14.0 Å². The van der Waals surface area contributed by atoms with Crippen molar-refractivity contribution in [1.82, 2.24) is 10.2 Å². The maximum Gasteiger partial charge on any atom is 0.290 e. The third kappa shape index (κ3) is 5.17. The first-order valence-electron chi connectivity index (χ1n) is 8.15. The van der Waals surface area contributed by atoms with Gasteiger partial charge in [0.1, 0.15) is 11.6 Å². The summed E-state index contributed by atoms with van der Waals surface area (Å²) in [5, 5.41) is 2.83. The third-order valence-corrected chi connectivity index (χ3v) is 3.46. The zero-order chi connectivity index (χ0) is 18.6. The zero-order valence-electron chi connectivity index (χ0n) is 14.9. The van der Waals surface area contributed by atoms with Gasteiger partial charge in [0.05, 0.1) is 6.54 Å². The zero-order valence-corrected chi connectivity index (χ0v) is 14.9. The van der Waals surface area contributed by atoms with Crippen LogP contribution in [0, 0.1) is 5.82 Å². The molecule has 0 saturated carbocycles. The fourth-order valence-electron chi connectivity index (χ4n) is 2.34. The van der Waals surface area contributed by atoms with Crippen LogP contribution in [-0.4, -0.2) is 35.3 Å². The number of rotatable bonds is 5. The lowest BCUT2D eigenvalue weighted by molar-refractivity contribution is -0.123. The Morgan fingerprint density at radius 1 is 1.12 bits per heavy atom. The van der Waals surface area contributed by atoms with Gasteiger partial charge < -0.3 is 14.6 Å². The highest BCUT2D eigenvalue weighted by Gasteiger charge is 2.22. The highest BCUT2D eigenvalue weighted by molar-refractivity contribution is 5.94. The SMILES string of the molecule is CCN(CC(=O)NC(C)(C)C)C(=O)c1ccc(-c2ccc(F)cc2)o1. The molecule has 0 atom stereocenters. The van der Waals surface area contributed by atoms with Crippen LogP contribution in [0.25, 0.3) is 11.3 Å². The third-order valence-electron chi connectivity index (χ3n) is 3.46. The van der Waals surface area contributed by atoms with Crippen LogP contribution in [0.5, 0.6) is 0 Å². The minimum atomic E-state index is -0.361. The van der Waals surface area contributed by atoms with Crippen molar-refractivity contribution in [2.75, 3.05) is 13.1 Å². The van der Waals surface area contributed by atoms with Crippen LogP contribution in [0.15, 0.2) is 40.8 Å². The van der Waals surface area contributed by atoms with Crippen LogP contribution < -0.4 is 5.32 Å². The standard InChI is InChI=1S/C19H23FN2O3/c1-5-22(12-17(23)21-19(2,3)4)18(24)16-11-10-15(25-16)13-6-8-14(20)9-7-13/h6-11H,5,12H2,1-4H3,(H,21,23). The highest BCUT2D eigenvalue weighted by atomic mass is 19.1. The Bertz CT molecular complexity index is 745. The summed E-state index contributed by atoms with van der Waals surface area (Å²) in [6, 6.07) is 9.03. The molecule has 1 aromatic carbocycles. The van der Waals surface area contributed by atoms with Crippen molar-refractivity contribution in [3.8, 4) is 11.3 Å². The minimum Gasteiger partial charge on any atom is -0.451 e. The molecule has 1 N–H and O–H groups in total. The van der Waals surface area contributed by atoms with Crippen molar-refractivity contribution in [3.63, 3.8) is 0 Å². The maximum atomic E-state index is 13.0. The van der Waals surface area contributed by atoms with Crippen LogP contribution in [0.1, 0.15) is 38.2 Å². The molecule has 6 heteroatoms. The van der Waals surface area contributed by atoms with Gasteiger partial charge >= 0.3 is 0 Å². The summed E-state index contributed by atoms with van der Waals surface area (Å²) < 4.78 is 18.6. The summed E-state index contributed by atoms with van der Waals surface area (Å²) in [5.41, 5.74) is 0.314. The molecule has 134 valence electrons. The van der Waals surface area contributed by atoms with Gasteiger partial charge in [-0.05, 0) is 64.1 Å². The Kier molecular flexibility index (Phi) is 5.62.